The Balaban J connectivity index is 2.93. The molecule has 0 bridgehead atoms. The predicted molar refractivity (Wildman–Crippen MR) is 60.2 cm³/mol. The molecule has 0 saturated carbocycles. The van der Waals surface area contributed by atoms with Crippen molar-refractivity contribution < 1.29 is 19.7 Å². The molecule has 0 radical (unpaired) electrons. The van der Waals surface area contributed by atoms with Gasteiger partial charge in [0.2, 0.25) is 0 Å². The third kappa shape index (κ3) is 3.02. The quantitative estimate of drug-likeness (QED) is 0.606. The molecule has 86 valence electrons. The normalized spacial score (nSPS) is 10.6. The van der Waals surface area contributed by atoms with Crippen molar-refractivity contribution in [1.82, 2.24) is 0 Å². The van der Waals surface area contributed by atoms with Gasteiger partial charge in [-0.15, -0.1) is 0 Å². The van der Waals surface area contributed by atoms with Gasteiger partial charge in [-0.2, -0.15) is 0 Å². The van der Waals surface area contributed by atoms with Crippen LogP contribution in [0.4, 0.5) is 0 Å². The van der Waals surface area contributed by atoms with Crippen molar-refractivity contribution in [2.75, 3.05) is 6.61 Å². The van der Waals surface area contributed by atoms with E-state index < -0.39 is 5.97 Å². The van der Waals surface area contributed by atoms with Gasteiger partial charge < -0.3 is 14.9 Å². The van der Waals surface area contributed by atoms with Crippen LogP contribution in [0.5, 0.6) is 11.5 Å². The second-order valence-corrected chi connectivity index (χ2v) is 3.28. The Morgan fingerprint density at radius 1 is 1.44 bits per heavy atom. The number of phenolic OH excluding ortho intramolecular Hbond substituents is 2. The minimum absolute atomic E-state index is 0.0108. The van der Waals surface area contributed by atoms with Crippen LogP contribution in [0.2, 0.25) is 0 Å². The number of carbonyl (C=O) groups is 1. The summed E-state index contributed by atoms with van der Waals surface area (Å²) < 4.78 is 4.71. The molecule has 1 aromatic carbocycles. The minimum Gasteiger partial charge on any atom is -0.508 e. The van der Waals surface area contributed by atoms with Crippen LogP contribution < -0.4 is 0 Å². The number of aryl methyl sites for hydroxylation is 1. The van der Waals surface area contributed by atoms with Gasteiger partial charge in [0.25, 0.3) is 0 Å². The van der Waals surface area contributed by atoms with Gasteiger partial charge in [0.1, 0.15) is 11.5 Å². The smallest absolute Gasteiger partial charge is 0.330 e. The third-order valence-electron chi connectivity index (χ3n) is 2.02. The van der Waals surface area contributed by atoms with E-state index in [2.05, 4.69) is 0 Å². The lowest BCUT2D eigenvalue weighted by molar-refractivity contribution is -0.137. The lowest BCUT2D eigenvalue weighted by atomic mass is 10.1. The predicted octanol–water partition coefficient (Wildman–Crippen LogP) is 1.98. The van der Waals surface area contributed by atoms with Gasteiger partial charge in [0, 0.05) is 17.7 Å². The molecule has 0 aliphatic heterocycles. The maximum Gasteiger partial charge on any atom is 0.330 e. The zero-order valence-corrected chi connectivity index (χ0v) is 9.23. The van der Waals surface area contributed by atoms with Crippen LogP contribution in [0, 0.1) is 6.92 Å². The number of ether oxygens (including phenoxy) is 1. The van der Waals surface area contributed by atoms with Gasteiger partial charge in [0.15, 0.2) is 0 Å². The number of rotatable bonds is 3. The minimum atomic E-state index is -0.464. The van der Waals surface area contributed by atoms with Crippen molar-refractivity contribution in [2.24, 2.45) is 0 Å². The average Bonchev–Trinajstić information content (AvgIpc) is 2.16. The molecule has 0 aliphatic carbocycles. The molecule has 2 N–H and O–H groups in total. The Labute approximate surface area is 93.8 Å². The van der Waals surface area contributed by atoms with Crippen molar-refractivity contribution in [3.8, 4) is 11.5 Å². The number of carbonyl (C=O) groups excluding carboxylic acids is 1. The van der Waals surface area contributed by atoms with Crippen molar-refractivity contribution in [2.45, 2.75) is 13.8 Å². The van der Waals surface area contributed by atoms with E-state index in [1.165, 1.54) is 24.3 Å². The molecule has 16 heavy (non-hydrogen) atoms. The molecule has 4 nitrogen and oxygen atoms in total. The fourth-order valence-electron chi connectivity index (χ4n) is 1.32. The van der Waals surface area contributed by atoms with Crippen LogP contribution in [-0.4, -0.2) is 22.8 Å². The third-order valence-corrected chi connectivity index (χ3v) is 2.02. The molecular weight excluding hydrogens is 208 g/mol. The van der Waals surface area contributed by atoms with Crippen LogP contribution in [-0.2, 0) is 9.53 Å². The van der Waals surface area contributed by atoms with Crippen LogP contribution in [0.25, 0.3) is 6.08 Å². The topological polar surface area (TPSA) is 66.8 Å². The van der Waals surface area contributed by atoms with Crippen molar-refractivity contribution in [1.29, 1.82) is 0 Å². The molecule has 1 rings (SSSR count). The highest BCUT2D eigenvalue weighted by atomic mass is 16.5. The van der Waals surface area contributed by atoms with Crippen LogP contribution >= 0.6 is 0 Å². The summed E-state index contributed by atoms with van der Waals surface area (Å²) in [6, 6.07) is 2.72. The molecule has 4 heteroatoms. The van der Waals surface area contributed by atoms with E-state index in [9.17, 15) is 15.0 Å². The molecule has 1 aromatic rings. The molecule has 0 unspecified atom stereocenters. The highest BCUT2D eigenvalue weighted by Crippen LogP contribution is 2.27. The van der Waals surface area contributed by atoms with Gasteiger partial charge in [-0.05, 0) is 31.6 Å². The maximum atomic E-state index is 11.1. The molecule has 0 amide bonds. The SMILES string of the molecule is CCOC(=O)/C=C/c1c(C)cc(O)cc1O. The molecule has 0 atom stereocenters. The monoisotopic (exact) mass is 222 g/mol. The van der Waals surface area contributed by atoms with Crippen molar-refractivity contribution in [3.05, 3.63) is 29.3 Å². The van der Waals surface area contributed by atoms with Crippen LogP contribution in [0.3, 0.4) is 0 Å². The Bertz CT molecular complexity index is 398. The zero-order chi connectivity index (χ0) is 12.1. The standard InChI is InChI=1S/C12H14O4/c1-3-16-12(15)5-4-10-8(2)6-9(13)7-11(10)14/h4-7,13-14H,3H2,1-2H3/b5-4+. The molecule has 0 aliphatic rings. The summed E-state index contributed by atoms with van der Waals surface area (Å²) in [4.78, 5) is 11.1. The molecule has 0 spiro atoms. The van der Waals surface area contributed by atoms with Crippen LogP contribution in [0.15, 0.2) is 18.2 Å². The van der Waals surface area contributed by atoms with Gasteiger partial charge in [0.05, 0.1) is 6.61 Å². The van der Waals surface area contributed by atoms with E-state index in [-0.39, 0.29) is 11.5 Å². The first-order valence-electron chi connectivity index (χ1n) is 4.92. The average molecular weight is 222 g/mol. The summed E-state index contributed by atoms with van der Waals surface area (Å²) in [7, 11) is 0. The second-order valence-electron chi connectivity index (χ2n) is 3.28. The molecule has 0 heterocycles. The van der Waals surface area contributed by atoms with E-state index in [0.29, 0.717) is 17.7 Å². The first-order chi connectivity index (χ1) is 7.54. The molecule has 0 saturated heterocycles. The highest BCUT2D eigenvalue weighted by molar-refractivity contribution is 5.88. The summed E-state index contributed by atoms with van der Waals surface area (Å²) in [5.41, 5.74) is 1.17. The number of aromatic hydroxyl groups is 2. The summed E-state index contributed by atoms with van der Waals surface area (Å²) >= 11 is 0. The Morgan fingerprint density at radius 3 is 2.69 bits per heavy atom. The molecule has 0 fully saturated rings. The van der Waals surface area contributed by atoms with Gasteiger partial charge in [-0.1, -0.05) is 0 Å². The first kappa shape index (κ1) is 12.1. The summed E-state index contributed by atoms with van der Waals surface area (Å²) in [6.45, 7) is 3.75. The fraction of sp³-hybridized carbons (Fsp3) is 0.250. The Hall–Kier alpha value is -1.97. The van der Waals surface area contributed by atoms with Crippen molar-refractivity contribution >= 4 is 12.0 Å². The van der Waals surface area contributed by atoms with Gasteiger partial charge in [-0.3, -0.25) is 0 Å². The second kappa shape index (κ2) is 5.21. The number of phenols is 2. The van der Waals surface area contributed by atoms with E-state index in [1.807, 2.05) is 0 Å². The molecule has 0 aromatic heterocycles. The van der Waals surface area contributed by atoms with Crippen LogP contribution in [0.1, 0.15) is 18.1 Å². The number of hydrogen-bond acceptors (Lipinski definition) is 4. The van der Waals surface area contributed by atoms with E-state index >= 15 is 0 Å². The maximum absolute atomic E-state index is 11.1. The summed E-state index contributed by atoms with van der Waals surface area (Å²) in [5.74, 6) is -0.546. The highest BCUT2D eigenvalue weighted by Gasteiger charge is 2.04. The fourth-order valence-corrected chi connectivity index (χ4v) is 1.32. The van der Waals surface area contributed by atoms with Gasteiger partial charge in [-0.25, -0.2) is 4.79 Å². The Kier molecular flexibility index (Phi) is 3.94. The van der Waals surface area contributed by atoms with E-state index in [0.717, 1.165) is 0 Å². The number of hydrogen-bond donors (Lipinski definition) is 2. The Morgan fingerprint density at radius 2 is 2.12 bits per heavy atom. The lowest BCUT2D eigenvalue weighted by Gasteiger charge is -2.04. The number of benzene rings is 1. The van der Waals surface area contributed by atoms with E-state index in [4.69, 9.17) is 4.74 Å². The van der Waals surface area contributed by atoms with E-state index in [1.54, 1.807) is 13.8 Å². The lowest BCUT2D eigenvalue weighted by Crippen LogP contribution is -1.98. The first-order valence-corrected chi connectivity index (χ1v) is 4.92. The van der Waals surface area contributed by atoms with Crippen molar-refractivity contribution in [3.63, 3.8) is 0 Å². The molecular formula is C12H14O4. The largest absolute Gasteiger partial charge is 0.508 e. The zero-order valence-electron chi connectivity index (χ0n) is 9.23. The summed E-state index contributed by atoms with van der Waals surface area (Å²) in [5, 5.41) is 18.8. The number of esters is 1. The summed E-state index contributed by atoms with van der Waals surface area (Å²) in [6.07, 6.45) is 2.70. The van der Waals surface area contributed by atoms with Gasteiger partial charge >= 0.3 is 5.97 Å².